The van der Waals surface area contributed by atoms with Crippen molar-refractivity contribution in [2.45, 2.75) is 39.0 Å². The third kappa shape index (κ3) is 5.31. The quantitative estimate of drug-likeness (QED) is 0.808. The first-order valence-electron chi connectivity index (χ1n) is 7.09. The molecule has 0 amide bonds. The van der Waals surface area contributed by atoms with Crippen molar-refractivity contribution in [2.75, 3.05) is 18.8 Å². The molecule has 1 atom stereocenters. The van der Waals surface area contributed by atoms with Gasteiger partial charge in [0.2, 0.25) is 15.9 Å². The summed E-state index contributed by atoms with van der Waals surface area (Å²) in [5.41, 5.74) is 0.722. The molecule has 0 radical (unpaired) electrons. The van der Waals surface area contributed by atoms with Gasteiger partial charge in [-0.15, -0.1) is 0 Å². The van der Waals surface area contributed by atoms with E-state index in [1.165, 1.54) is 0 Å². The van der Waals surface area contributed by atoms with Crippen molar-refractivity contribution >= 4 is 10.0 Å². The van der Waals surface area contributed by atoms with Crippen molar-refractivity contribution in [3.8, 4) is 5.88 Å². The van der Waals surface area contributed by atoms with Crippen LogP contribution in [0.2, 0.25) is 0 Å². The first kappa shape index (κ1) is 17.9. The lowest BCUT2D eigenvalue weighted by Gasteiger charge is -2.17. The van der Waals surface area contributed by atoms with Gasteiger partial charge in [0.1, 0.15) is 11.9 Å². The third-order valence-electron chi connectivity index (χ3n) is 3.37. The molecule has 23 heavy (non-hydrogen) atoms. The molecule has 0 N–H and O–H groups in total. The molecule has 130 valence electrons. The smallest absolute Gasteiger partial charge is 0.390 e. The molecule has 1 fully saturated rings. The zero-order valence-electron chi connectivity index (χ0n) is 12.8. The van der Waals surface area contributed by atoms with E-state index in [1.807, 2.05) is 0 Å². The SMILES string of the molecule is Cc1cc(O[C@H]2CCN(S(=O)(=O)CCC(F)(F)F)C2)nc(C)n1. The fourth-order valence-corrected chi connectivity index (χ4v) is 3.86. The highest BCUT2D eigenvalue weighted by Crippen LogP contribution is 2.24. The maximum absolute atomic E-state index is 12.2. The summed E-state index contributed by atoms with van der Waals surface area (Å²) in [6, 6.07) is 1.63. The van der Waals surface area contributed by atoms with E-state index in [2.05, 4.69) is 9.97 Å². The maximum atomic E-state index is 12.2. The second-order valence-corrected chi connectivity index (χ2v) is 7.55. The van der Waals surface area contributed by atoms with Crippen LogP contribution in [-0.2, 0) is 10.0 Å². The lowest BCUT2D eigenvalue weighted by molar-refractivity contribution is -0.130. The molecule has 0 unspecified atom stereocenters. The molecule has 6 nitrogen and oxygen atoms in total. The molecule has 0 bridgehead atoms. The Hall–Kier alpha value is -1.42. The van der Waals surface area contributed by atoms with E-state index in [0.29, 0.717) is 18.1 Å². The number of hydrogen-bond acceptors (Lipinski definition) is 5. The molecule has 0 aromatic carbocycles. The molecule has 1 aromatic rings. The summed E-state index contributed by atoms with van der Waals surface area (Å²) < 4.78 is 67.1. The van der Waals surface area contributed by atoms with Crippen molar-refractivity contribution in [3.05, 3.63) is 17.6 Å². The normalized spacial score (nSPS) is 20.0. The zero-order valence-corrected chi connectivity index (χ0v) is 13.6. The van der Waals surface area contributed by atoms with E-state index >= 15 is 0 Å². The number of hydrogen-bond donors (Lipinski definition) is 0. The summed E-state index contributed by atoms with van der Waals surface area (Å²) in [6.45, 7) is 3.67. The number of aryl methyl sites for hydroxylation is 2. The highest BCUT2D eigenvalue weighted by atomic mass is 32.2. The number of alkyl halides is 3. The number of halogens is 3. The molecule has 1 aromatic heterocycles. The van der Waals surface area contributed by atoms with Crippen LogP contribution >= 0.6 is 0 Å². The van der Waals surface area contributed by atoms with Gasteiger partial charge in [0.05, 0.1) is 18.7 Å². The minimum absolute atomic E-state index is 0.0300. The van der Waals surface area contributed by atoms with Gasteiger partial charge < -0.3 is 4.74 Å². The van der Waals surface area contributed by atoms with Crippen LogP contribution in [0.3, 0.4) is 0 Å². The lowest BCUT2D eigenvalue weighted by atomic mass is 10.3. The third-order valence-corrected chi connectivity index (χ3v) is 5.21. The van der Waals surface area contributed by atoms with Gasteiger partial charge in [-0.25, -0.2) is 13.4 Å². The molecule has 1 aliphatic rings. The summed E-state index contributed by atoms with van der Waals surface area (Å²) >= 11 is 0. The number of rotatable bonds is 5. The highest BCUT2D eigenvalue weighted by molar-refractivity contribution is 7.89. The van der Waals surface area contributed by atoms with Crippen molar-refractivity contribution in [1.29, 1.82) is 0 Å². The second kappa shape index (κ2) is 6.60. The van der Waals surface area contributed by atoms with Crippen LogP contribution in [0, 0.1) is 13.8 Å². The van der Waals surface area contributed by atoms with Crippen LogP contribution in [0.1, 0.15) is 24.4 Å². The van der Waals surface area contributed by atoms with Crippen LogP contribution in [0.15, 0.2) is 6.07 Å². The van der Waals surface area contributed by atoms with Gasteiger partial charge in [0.15, 0.2) is 0 Å². The fraction of sp³-hybridized carbons (Fsp3) is 0.692. The topological polar surface area (TPSA) is 72.4 Å². The van der Waals surface area contributed by atoms with Gasteiger partial charge in [-0.05, 0) is 20.3 Å². The van der Waals surface area contributed by atoms with Crippen LogP contribution in [0.25, 0.3) is 0 Å². The summed E-state index contributed by atoms with van der Waals surface area (Å²) in [4.78, 5) is 8.21. The van der Waals surface area contributed by atoms with Gasteiger partial charge in [0, 0.05) is 18.3 Å². The van der Waals surface area contributed by atoms with Crippen LogP contribution in [0.5, 0.6) is 5.88 Å². The van der Waals surface area contributed by atoms with Crippen molar-refractivity contribution in [1.82, 2.24) is 14.3 Å². The van der Waals surface area contributed by atoms with Crippen LogP contribution < -0.4 is 4.74 Å². The summed E-state index contributed by atoms with van der Waals surface area (Å²) in [5, 5.41) is 0. The average molecular weight is 353 g/mol. The number of nitrogens with zero attached hydrogens (tertiary/aromatic N) is 3. The monoisotopic (exact) mass is 353 g/mol. The standard InChI is InChI=1S/C13H18F3N3O3S/c1-9-7-12(18-10(2)17-9)22-11-3-5-19(8-11)23(20,21)6-4-13(14,15)16/h7,11H,3-6,8H2,1-2H3/t11-/m0/s1. The summed E-state index contributed by atoms with van der Waals surface area (Å²) in [5.74, 6) is -0.0585. The number of sulfonamides is 1. The molecule has 0 saturated carbocycles. The van der Waals surface area contributed by atoms with E-state index in [-0.39, 0.29) is 13.1 Å². The van der Waals surface area contributed by atoms with E-state index in [1.54, 1.807) is 19.9 Å². The average Bonchev–Trinajstić information content (AvgIpc) is 2.84. The second-order valence-electron chi connectivity index (χ2n) is 5.46. The molecular formula is C13H18F3N3O3S. The van der Waals surface area contributed by atoms with E-state index < -0.39 is 34.5 Å². The Bertz CT molecular complexity index is 644. The zero-order chi connectivity index (χ0) is 17.3. The van der Waals surface area contributed by atoms with Gasteiger partial charge in [-0.2, -0.15) is 22.5 Å². The fourth-order valence-electron chi connectivity index (χ4n) is 2.33. The number of aromatic nitrogens is 2. The molecule has 0 aliphatic carbocycles. The minimum atomic E-state index is -4.49. The molecule has 1 aliphatic heterocycles. The van der Waals surface area contributed by atoms with Crippen LogP contribution in [0.4, 0.5) is 13.2 Å². The minimum Gasteiger partial charge on any atom is -0.473 e. The molecular weight excluding hydrogens is 335 g/mol. The molecule has 2 heterocycles. The summed E-state index contributed by atoms with van der Waals surface area (Å²) in [6.07, 6.45) is -5.85. The van der Waals surface area contributed by atoms with Crippen molar-refractivity contribution in [3.63, 3.8) is 0 Å². The number of ether oxygens (including phenoxy) is 1. The van der Waals surface area contributed by atoms with Crippen molar-refractivity contribution < 1.29 is 26.3 Å². The Labute approximate surface area is 132 Å². The Morgan fingerprint density at radius 3 is 2.65 bits per heavy atom. The molecule has 2 rings (SSSR count). The maximum Gasteiger partial charge on any atom is 0.390 e. The van der Waals surface area contributed by atoms with E-state index in [4.69, 9.17) is 4.74 Å². The molecule has 0 spiro atoms. The van der Waals surface area contributed by atoms with E-state index in [9.17, 15) is 21.6 Å². The van der Waals surface area contributed by atoms with E-state index in [0.717, 1.165) is 10.00 Å². The largest absolute Gasteiger partial charge is 0.473 e. The van der Waals surface area contributed by atoms with Gasteiger partial charge in [-0.3, -0.25) is 0 Å². The molecule has 10 heteroatoms. The Morgan fingerprint density at radius 1 is 1.35 bits per heavy atom. The predicted molar refractivity (Wildman–Crippen MR) is 76.6 cm³/mol. The Morgan fingerprint density at radius 2 is 2.04 bits per heavy atom. The predicted octanol–water partition coefficient (Wildman–Crippen LogP) is 1.83. The van der Waals surface area contributed by atoms with Gasteiger partial charge in [-0.1, -0.05) is 0 Å². The van der Waals surface area contributed by atoms with Gasteiger partial charge in [0.25, 0.3) is 0 Å². The first-order valence-corrected chi connectivity index (χ1v) is 8.69. The first-order chi connectivity index (χ1) is 10.5. The lowest BCUT2D eigenvalue weighted by Crippen LogP contribution is -2.34. The Kier molecular flexibility index (Phi) is 5.14. The van der Waals surface area contributed by atoms with Crippen LogP contribution in [-0.4, -0.2) is 53.8 Å². The summed E-state index contributed by atoms with van der Waals surface area (Å²) in [7, 11) is -3.93. The van der Waals surface area contributed by atoms with Crippen molar-refractivity contribution in [2.24, 2.45) is 0 Å². The molecule has 1 saturated heterocycles. The Balaban J connectivity index is 1.95. The van der Waals surface area contributed by atoms with Gasteiger partial charge >= 0.3 is 6.18 Å². The highest BCUT2D eigenvalue weighted by Gasteiger charge is 2.36.